The number of nitrogens with zero attached hydrogens (tertiary/aromatic N) is 3. The molecule has 0 spiro atoms. The van der Waals surface area contributed by atoms with Gasteiger partial charge in [-0.3, -0.25) is 9.48 Å². The summed E-state index contributed by atoms with van der Waals surface area (Å²) in [5, 5.41) is 15.1. The Labute approximate surface area is 186 Å². The zero-order chi connectivity index (χ0) is 22.2. The predicted octanol–water partition coefficient (Wildman–Crippen LogP) is 3.52. The topological polar surface area (TPSA) is 67.6 Å². The predicted molar refractivity (Wildman–Crippen MR) is 118 cm³/mol. The molecule has 2 aliphatic rings. The van der Waals surface area contributed by atoms with Crippen LogP contribution in [0.4, 0.5) is 4.39 Å². The first-order valence-electron chi connectivity index (χ1n) is 11.0. The number of carbonyl (C=O) groups excluding carboxylic acids is 1. The van der Waals surface area contributed by atoms with Gasteiger partial charge in [-0.05, 0) is 60.6 Å². The van der Waals surface area contributed by atoms with Crippen molar-refractivity contribution in [1.29, 1.82) is 0 Å². The minimum absolute atomic E-state index is 0.0809. The number of rotatable bonds is 4. The van der Waals surface area contributed by atoms with Crippen LogP contribution in [0.25, 0.3) is 11.3 Å². The molecule has 1 N–H and O–H groups in total. The van der Waals surface area contributed by atoms with Gasteiger partial charge in [0.15, 0.2) is 5.69 Å². The van der Waals surface area contributed by atoms with Crippen LogP contribution in [0.15, 0.2) is 60.7 Å². The van der Waals surface area contributed by atoms with E-state index in [4.69, 9.17) is 4.74 Å². The lowest BCUT2D eigenvalue weighted by Crippen LogP contribution is -2.42. The van der Waals surface area contributed by atoms with Gasteiger partial charge in [-0.15, -0.1) is 0 Å². The van der Waals surface area contributed by atoms with E-state index in [-0.39, 0.29) is 29.7 Å². The number of aliphatic hydroxyl groups excluding tert-OH is 1. The molecule has 0 bridgehead atoms. The number of aromatic nitrogens is 2. The summed E-state index contributed by atoms with van der Waals surface area (Å²) in [7, 11) is 1.84. The molecule has 0 unspecified atom stereocenters. The second kappa shape index (κ2) is 8.39. The van der Waals surface area contributed by atoms with Crippen LogP contribution >= 0.6 is 0 Å². The summed E-state index contributed by atoms with van der Waals surface area (Å²) in [5.41, 5.74) is 2.35. The molecule has 1 saturated heterocycles. The van der Waals surface area contributed by atoms with E-state index in [1.54, 1.807) is 16.8 Å². The van der Waals surface area contributed by atoms with Gasteiger partial charge in [-0.1, -0.05) is 30.3 Å². The molecule has 1 amide bonds. The molecule has 32 heavy (non-hydrogen) atoms. The van der Waals surface area contributed by atoms with Crippen molar-refractivity contribution in [2.45, 2.75) is 25.0 Å². The lowest BCUT2D eigenvalue weighted by molar-refractivity contribution is -0.0231. The zero-order valence-electron chi connectivity index (χ0n) is 17.9. The molecule has 1 saturated carbocycles. The number of halogens is 1. The van der Waals surface area contributed by atoms with Crippen molar-refractivity contribution in [3.63, 3.8) is 0 Å². The van der Waals surface area contributed by atoms with Crippen LogP contribution < -0.4 is 4.74 Å². The van der Waals surface area contributed by atoms with Crippen molar-refractivity contribution in [3.05, 3.63) is 72.2 Å². The standard InChI is InChI=1S/C25H26FN3O3/c1-28-22(16-5-3-2-4-6-16)13-21(27-28)25(31)29-14-17-11-23(30)24(12-18(17)15-29)32-20-9-7-19(26)8-10-20/h2-10,13,17-18,23-24,30H,11-12,14-15H2,1H3/t17-,18+,23+,24+/m0/s1. The maximum absolute atomic E-state index is 13.2. The molecule has 5 rings (SSSR count). The Hall–Kier alpha value is -3.19. The third kappa shape index (κ3) is 4.00. The summed E-state index contributed by atoms with van der Waals surface area (Å²) < 4.78 is 20.8. The Bertz CT molecular complexity index is 1100. The van der Waals surface area contributed by atoms with Gasteiger partial charge in [0.05, 0.1) is 11.8 Å². The Morgan fingerprint density at radius 2 is 1.75 bits per heavy atom. The molecule has 1 aromatic heterocycles. The SMILES string of the molecule is Cn1nc(C(=O)N2C[C@H]3C[C@@H](Oc4ccc(F)cc4)[C@H](O)C[C@H]3C2)cc1-c1ccccc1. The first kappa shape index (κ1) is 20.7. The minimum Gasteiger partial charge on any atom is -0.488 e. The summed E-state index contributed by atoms with van der Waals surface area (Å²) in [6.45, 7) is 1.23. The largest absolute Gasteiger partial charge is 0.488 e. The van der Waals surface area contributed by atoms with E-state index in [1.807, 2.05) is 48.3 Å². The van der Waals surface area contributed by atoms with Crippen LogP contribution in [0.2, 0.25) is 0 Å². The summed E-state index contributed by atoms with van der Waals surface area (Å²) in [6.07, 6.45) is 0.259. The number of amides is 1. The zero-order valence-corrected chi connectivity index (χ0v) is 17.9. The maximum Gasteiger partial charge on any atom is 0.274 e. The van der Waals surface area contributed by atoms with Gasteiger partial charge in [-0.25, -0.2) is 4.39 Å². The van der Waals surface area contributed by atoms with Crippen LogP contribution in [0.1, 0.15) is 23.3 Å². The lowest BCUT2D eigenvalue weighted by atomic mass is 9.78. The second-order valence-electron chi connectivity index (χ2n) is 8.78. The van der Waals surface area contributed by atoms with Gasteiger partial charge < -0.3 is 14.7 Å². The van der Waals surface area contributed by atoms with E-state index in [0.29, 0.717) is 37.4 Å². The smallest absolute Gasteiger partial charge is 0.274 e. The van der Waals surface area contributed by atoms with E-state index in [1.165, 1.54) is 12.1 Å². The molecule has 1 aliphatic heterocycles. The number of aliphatic hydroxyl groups is 1. The molecule has 4 atom stereocenters. The lowest BCUT2D eigenvalue weighted by Gasteiger charge is -2.35. The number of benzene rings is 2. The molecule has 166 valence electrons. The average molecular weight is 435 g/mol. The monoisotopic (exact) mass is 435 g/mol. The fraction of sp³-hybridized carbons (Fsp3) is 0.360. The molecule has 6 nitrogen and oxygen atoms in total. The number of ether oxygens (including phenoxy) is 1. The van der Waals surface area contributed by atoms with Crippen LogP contribution in [0.5, 0.6) is 5.75 Å². The molecule has 2 aromatic carbocycles. The first-order valence-corrected chi connectivity index (χ1v) is 11.0. The fourth-order valence-corrected chi connectivity index (χ4v) is 4.98. The second-order valence-corrected chi connectivity index (χ2v) is 8.78. The Kier molecular flexibility index (Phi) is 5.43. The van der Waals surface area contributed by atoms with Crippen LogP contribution in [0.3, 0.4) is 0 Å². The third-order valence-electron chi connectivity index (χ3n) is 6.64. The molecule has 2 heterocycles. The van der Waals surface area contributed by atoms with Crippen molar-refractivity contribution in [3.8, 4) is 17.0 Å². The number of hydrogen-bond acceptors (Lipinski definition) is 4. The quantitative estimate of drug-likeness (QED) is 0.681. The van der Waals surface area contributed by atoms with Crippen LogP contribution in [-0.2, 0) is 7.05 Å². The average Bonchev–Trinajstić information content (AvgIpc) is 3.39. The summed E-state index contributed by atoms with van der Waals surface area (Å²) >= 11 is 0. The Morgan fingerprint density at radius 3 is 2.47 bits per heavy atom. The van der Waals surface area contributed by atoms with E-state index < -0.39 is 6.10 Å². The maximum atomic E-state index is 13.2. The first-order chi connectivity index (χ1) is 15.5. The highest BCUT2D eigenvalue weighted by Crippen LogP contribution is 2.38. The fourth-order valence-electron chi connectivity index (χ4n) is 4.98. The van der Waals surface area contributed by atoms with Gasteiger partial charge >= 0.3 is 0 Å². The van der Waals surface area contributed by atoms with Crippen LogP contribution in [-0.4, -0.2) is 51.0 Å². The number of hydrogen-bond donors (Lipinski definition) is 1. The number of fused-ring (bicyclic) bond motifs is 1. The van der Waals surface area contributed by atoms with Crippen molar-refractivity contribution in [1.82, 2.24) is 14.7 Å². The summed E-state index contributed by atoms with van der Waals surface area (Å²) in [6, 6.07) is 17.6. The summed E-state index contributed by atoms with van der Waals surface area (Å²) in [5.74, 6) is 0.630. The van der Waals surface area contributed by atoms with Gasteiger partial charge in [0, 0.05) is 20.1 Å². The number of carbonyl (C=O) groups is 1. The number of likely N-dealkylation sites (tertiary alicyclic amines) is 1. The van der Waals surface area contributed by atoms with E-state index in [2.05, 4.69) is 5.10 Å². The molecule has 2 fully saturated rings. The van der Waals surface area contributed by atoms with E-state index in [0.717, 1.165) is 11.3 Å². The summed E-state index contributed by atoms with van der Waals surface area (Å²) in [4.78, 5) is 15.0. The Morgan fingerprint density at radius 1 is 1.06 bits per heavy atom. The molecule has 1 aliphatic carbocycles. The Balaban J connectivity index is 1.27. The molecule has 7 heteroatoms. The normalized spacial score (nSPS) is 24.9. The van der Waals surface area contributed by atoms with Crippen molar-refractivity contribution in [2.24, 2.45) is 18.9 Å². The number of aryl methyl sites for hydroxylation is 1. The van der Waals surface area contributed by atoms with Gasteiger partial charge in [-0.2, -0.15) is 5.10 Å². The van der Waals surface area contributed by atoms with E-state index >= 15 is 0 Å². The molecular weight excluding hydrogens is 409 g/mol. The van der Waals surface area contributed by atoms with Crippen molar-refractivity contribution in [2.75, 3.05) is 13.1 Å². The minimum atomic E-state index is -0.615. The van der Waals surface area contributed by atoms with Gasteiger partial charge in [0.2, 0.25) is 0 Å². The van der Waals surface area contributed by atoms with Crippen molar-refractivity contribution >= 4 is 5.91 Å². The van der Waals surface area contributed by atoms with Crippen LogP contribution in [0, 0.1) is 17.7 Å². The van der Waals surface area contributed by atoms with Gasteiger partial charge in [0.1, 0.15) is 17.7 Å². The van der Waals surface area contributed by atoms with E-state index in [9.17, 15) is 14.3 Å². The van der Waals surface area contributed by atoms with Gasteiger partial charge in [0.25, 0.3) is 5.91 Å². The highest BCUT2D eigenvalue weighted by atomic mass is 19.1. The highest BCUT2D eigenvalue weighted by Gasteiger charge is 2.44. The highest BCUT2D eigenvalue weighted by molar-refractivity contribution is 5.93. The molecule has 0 radical (unpaired) electrons. The molecular formula is C25H26FN3O3. The van der Waals surface area contributed by atoms with Crippen molar-refractivity contribution < 1.29 is 19.0 Å². The molecule has 3 aromatic rings. The third-order valence-corrected chi connectivity index (χ3v) is 6.64.